The number of nitrogens with zero attached hydrogens (tertiary/aromatic N) is 1. The van der Waals surface area contributed by atoms with Crippen LogP contribution < -0.4 is 15.2 Å². The second-order valence-electron chi connectivity index (χ2n) is 7.86. The van der Waals surface area contributed by atoms with Gasteiger partial charge in [0.1, 0.15) is 13.2 Å². The van der Waals surface area contributed by atoms with Crippen LogP contribution in [0.1, 0.15) is 32.3 Å². The molecule has 0 bridgehead atoms. The Hall–Kier alpha value is -1.46. The molecule has 3 aliphatic rings. The van der Waals surface area contributed by atoms with Gasteiger partial charge in [-0.05, 0) is 56.2 Å². The van der Waals surface area contributed by atoms with Crippen LogP contribution in [0.15, 0.2) is 18.2 Å². The van der Waals surface area contributed by atoms with Gasteiger partial charge in [0.05, 0.1) is 5.41 Å². The molecule has 2 fully saturated rings. The second kappa shape index (κ2) is 6.69. The molecule has 0 radical (unpaired) electrons. The molecule has 138 valence electrons. The maximum absolute atomic E-state index is 13.2. The van der Waals surface area contributed by atoms with Crippen molar-refractivity contribution in [2.75, 3.05) is 26.3 Å². The highest BCUT2D eigenvalue weighted by atomic mass is 35.5. The molecular weight excluding hydrogens is 340 g/mol. The van der Waals surface area contributed by atoms with Crippen LogP contribution in [-0.2, 0) is 10.2 Å². The van der Waals surface area contributed by atoms with Crippen molar-refractivity contribution in [3.05, 3.63) is 23.8 Å². The maximum atomic E-state index is 13.2. The molecule has 1 aromatic rings. The van der Waals surface area contributed by atoms with Crippen molar-refractivity contribution in [1.82, 2.24) is 4.90 Å². The Labute approximate surface area is 155 Å². The fourth-order valence-electron chi connectivity index (χ4n) is 4.42. The van der Waals surface area contributed by atoms with Crippen molar-refractivity contribution in [3.63, 3.8) is 0 Å². The van der Waals surface area contributed by atoms with Gasteiger partial charge in [-0.25, -0.2) is 0 Å². The van der Waals surface area contributed by atoms with Crippen LogP contribution in [0.2, 0.25) is 0 Å². The highest BCUT2D eigenvalue weighted by Gasteiger charge is 2.45. The topological polar surface area (TPSA) is 64.8 Å². The summed E-state index contributed by atoms with van der Waals surface area (Å²) in [4.78, 5) is 15.2. The molecule has 1 saturated heterocycles. The molecule has 25 heavy (non-hydrogen) atoms. The van der Waals surface area contributed by atoms with Gasteiger partial charge < -0.3 is 20.1 Å². The number of halogens is 1. The number of nitrogens with two attached hydrogens (primary N) is 1. The van der Waals surface area contributed by atoms with E-state index in [-0.39, 0.29) is 24.4 Å². The van der Waals surface area contributed by atoms with Gasteiger partial charge in [0, 0.05) is 19.1 Å². The lowest BCUT2D eigenvalue weighted by atomic mass is 9.83. The van der Waals surface area contributed by atoms with E-state index in [2.05, 4.69) is 0 Å². The molecule has 1 aromatic carbocycles. The van der Waals surface area contributed by atoms with Crippen molar-refractivity contribution >= 4 is 18.3 Å². The predicted molar refractivity (Wildman–Crippen MR) is 98.5 cm³/mol. The van der Waals surface area contributed by atoms with Crippen LogP contribution in [0.25, 0.3) is 0 Å². The number of carbonyl (C=O) groups is 1. The van der Waals surface area contributed by atoms with Crippen molar-refractivity contribution in [2.45, 2.75) is 38.1 Å². The first-order chi connectivity index (χ1) is 11.5. The third-order valence-electron chi connectivity index (χ3n) is 6.00. The van der Waals surface area contributed by atoms with Gasteiger partial charge in [-0.2, -0.15) is 0 Å². The van der Waals surface area contributed by atoms with Crippen LogP contribution in [0.3, 0.4) is 0 Å². The molecule has 2 N–H and O–H groups in total. The zero-order valence-electron chi connectivity index (χ0n) is 14.9. The van der Waals surface area contributed by atoms with E-state index in [4.69, 9.17) is 15.2 Å². The van der Waals surface area contributed by atoms with E-state index in [1.54, 1.807) is 0 Å². The second-order valence-corrected chi connectivity index (χ2v) is 7.86. The summed E-state index contributed by atoms with van der Waals surface area (Å²) in [7, 11) is 0. The van der Waals surface area contributed by atoms with E-state index >= 15 is 0 Å². The first kappa shape index (κ1) is 18.3. The minimum atomic E-state index is -0.585. The number of hydrogen-bond donors (Lipinski definition) is 1. The van der Waals surface area contributed by atoms with Crippen LogP contribution in [0, 0.1) is 11.8 Å². The van der Waals surface area contributed by atoms with Gasteiger partial charge >= 0.3 is 0 Å². The normalized spacial score (nSPS) is 27.6. The Morgan fingerprint density at radius 2 is 1.88 bits per heavy atom. The van der Waals surface area contributed by atoms with Crippen LogP contribution in [-0.4, -0.2) is 43.2 Å². The maximum Gasteiger partial charge on any atom is 0.232 e. The van der Waals surface area contributed by atoms with Crippen molar-refractivity contribution in [1.29, 1.82) is 0 Å². The van der Waals surface area contributed by atoms with Crippen molar-refractivity contribution in [2.24, 2.45) is 17.6 Å². The molecule has 0 spiro atoms. The van der Waals surface area contributed by atoms with Crippen molar-refractivity contribution < 1.29 is 14.3 Å². The average molecular weight is 367 g/mol. The molecule has 2 aliphatic heterocycles. The smallest absolute Gasteiger partial charge is 0.232 e. The molecule has 4 rings (SSSR count). The van der Waals surface area contributed by atoms with Crippen molar-refractivity contribution in [3.8, 4) is 11.5 Å². The van der Waals surface area contributed by atoms with Gasteiger partial charge in [-0.15, -0.1) is 12.4 Å². The third kappa shape index (κ3) is 3.08. The van der Waals surface area contributed by atoms with E-state index in [1.165, 1.54) is 0 Å². The monoisotopic (exact) mass is 366 g/mol. The zero-order chi connectivity index (χ0) is 16.9. The summed E-state index contributed by atoms with van der Waals surface area (Å²) in [6.45, 7) is 6.77. The van der Waals surface area contributed by atoms with Crippen LogP contribution in [0.5, 0.6) is 11.5 Å². The number of carbonyl (C=O) groups excluding carboxylic acids is 1. The number of hydrogen-bond acceptors (Lipinski definition) is 4. The molecule has 3 unspecified atom stereocenters. The molecular formula is C19H27ClN2O3. The van der Waals surface area contributed by atoms with E-state index in [0.29, 0.717) is 25.0 Å². The van der Waals surface area contributed by atoms with E-state index < -0.39 is 5.41 Å². The minimum Gasteiger partial charge on any atom is -0.486 e. The molecule has 0 aromatic heterocycles. The number of amides is 1. The van der Waals surface area contributed by atoms with Gasteiger partial charge in [0.15, 0.2) is 11.5 Å². The average Bonchev–Trinajstić information content (AvgIpc) is 3.16. The zero-order valence-corrected chi connectivity index (χ0v) is 15.7. The molecule has 2 heterocycles. The Balaban J connectivity index is 0.00000182. The van der Waals surface area contributed by atoms with Gasteiger partial charge in [0.2, 0.25) is 5.91 Å². The highest BCUT2D eigenvalue weighted by Crippen LogP contribution is 2.40. The summed E-state index contributed by atoms with van der Waals surface area (Å²) in [6.07, 6.45) is 2.25. The van der Waals surface area contributed by atoms with Crippen LogP contribution >= 0.6 is 12.4 Å². The number of rotatable bonds is 2. The summed E-state index contributed by atoms with van der Waals surface area (Å²) in [5.41, 5.74) is 6.60. The van der Waals surface area contributed by atoms with Crippen LogP contribution in [0.4, 0.5) is 0 Å². The lowest BCUT2D eigenvalue weighted by Crippen LogP contribution is -2.43. The number of likely N-dealkylation sites (tertiary alicyclic amines) is 1. The van der Waals surface area contributed by atoms with Gasteiger partial charge in [-0.1, -0.05) is 6.07 Å². The number of ether oxygens (including phenoxy) is 2. The first-order valence-corrected chi connectivity index (χ1v) is 8.92. The fraction of sp³-hybridized carbons (Fsp3) is 0.632. The minimum absolute atomic E-state index is 0. The number of benzene rings is 1. The molecule has 1 amide bonds. The highest BCUT2D eigenvalue weighted by molar-refractivity contribution is 5.88. The molecule has 6 heteroatoms. The Kier molecular flexibility index (Phi) is 4.91. The molecule has 3 atom stereocenters. The SMILES string of the molecule is CC(C)(C(=O)N1CC2CCC(N)C2C1)c1ccc2c(c1)OCCO2.Cl. The summed E-state index contributed by atoms with van der Waals surface area (Å²) in [5, 5.41) is 0. The Morgan fingerprint density at radius 3 is 2.60 bits per heavy atom. The lowest BCUT2D eigenvalue weighted by Gasteiger charge is -2.31. The summed E-state index contributed by atoms with van der Waals surface area (Å²) in [5.74, 6) is 2.74. The third-order valence-corrected chi connectivity index (χ3v) is 6.00. The predicted octanol–water partition coefficient (Wildman–Crippen LogP) is 2.35. The van der Waals surface area contributed by atoms with E-state index in [1.807, 2.05) is 36.9 Å². The van der Waals surface area contributed by atoms with E-state index in [9.17, 15) is 4.79 Å². The largest absolute Gasteiger partial charge is 0.486 e. The lowest BCUT2D eigenvalue weighted by molar-refractivity contribution is -0.135. The Morgan fingerprint density at radius 1 is 1.16 bits per heavy atom. The standard InChI is InChI=1S/C19H26N2O3.ClH/c1-19(2,13-4-6-16-17(9-13)24-8-7-23-16)18(22)21-10-12-3-5-15(20)14(12)11-21;/h4,6,9,12,14-15H,3,5,7-8,10-11,20H2,1-2H3;1H. The molecule has 1 aliphatic carbocycles. The quantitative estimate of drug-likeness (QED) is 0.872. The fourth-order valence-corrected chi connectivity index (χ4v) is 4.42. The van der Waals surface area contributed by atoms with Gasteiger partial charge in [-0.3, -0.25) is 4.79 Å². The molecule has 1 saturated carbocycles. The summed E-state index contributed by atoms with van der Waals surface area (Å²) >= 11 is 0. The number of fused-ring (bicyclic) bond motifs is 2. The summed E-state index contributed by atoms with van der Waals surface area (Å²) < 4.78 is 11.3. The van der Waals surface area contributed by atoms with Gasteiger partial charge in [0.25, 0.3) is 0 Å². The Bertz CT molecular complexity index is 664. The molecule has 5 nitrogen and oxygen atoms in total. The first-order valence-electron chi connectivity index (χ1n) is 8.92. The summed E-state index contributed by atoms with van der Waals surface area (Å²) in [6, 6.07) is 6.10. The van der Waals surface area contributed by atoms with E-state index in [0.717, 1.165) is 43.0 Å².